The van der Waals surface area contributed by atoms with E-state index < -0.39 is 15.1 Å². The summed E-state index contributed by atoms with van der Waals surface area (Å²) in [5, 5.41) is 0.703. The Balaban J connectivity index is 1.54. The van der Waals surface area contributed by atoms with E-state index in [0.717, 1.165) is 5.39 Å². The van der Waals surface area contributed by atoms with E-state index in [1.807, 2.05) is 18.2 Å². The number of hydrogen-bond acceptors (Lipinski definition) is 4. The van der Waals surface area contributed by atoms with Crippen molar-refractivity contribution in [2.24, 2.45) is 0 Å². The lowest BCUT2D eigenvalue weighted by molar-refractivity contribution is 0.0764. The van der Waals surface area contributed by atoms with Crippen LogP contribution in [0.15, 0.2) is 63.9 Å². The van der Waals surface area contributed by atoms with Crippen LogP contribution in [0.25, 0.3) is 11.0 Å². The van der Waals surface area contributed by atoms with Crippen molar-refractivity contribution in [3.8, 4) is 0 Å². The standard InChI is InChI=1S/C19H16ClNO4S/c20-14-5-7-15(8-6-14)26(23,24)16-9-10-21(12-16)19(22)18-11-13-3-1-2-4-17(13)25-18/h1-8,11,16H,9-10,12H2/t16-/m0/s1. The summed E-state index contributed by atoms with van der Waals surface area (Å²) in [6, 6.07) is 15.2. The van der Waals surface area contributed by atoms with E-state index >= 15 is 0 Å². The summed E-state index contributed by atoms with van der Waals surface area (Å²) in [7, 11) is -3.51. The van der Waals surface area contributed by atoms with Gasteiger partial charge in [-0.1, -0.05) is 29.8 Å². The number of benzene rings is 2. The van der Waals surface area contributed by atoms with Gasteiger partial charge in [0, 0.05) is 23.5 Å². The zero-order chi connectivity index (χ0) is 18.3. The Morgan fingerprint density at radius 2 is 1.85 bits per heavy atom. The molecule has 134 valence electrons. The highest BCUT2D eigenvalue weighted by atomic mass is 35.5. The first-order chi connectivity index (χ1) is 12.4. The molecule has 5 nitrogen and oxygen atoms in total. The van der Waals surface area contributed by atoms with Gasteiger partial charge in [0.25, 0.3) is 5.91 Å². The van der Waals surface area contributed by atoms with Crippen LogP contribution in [0.4, 0.5) is 0 Å². The van der Waals surface area contributed by atoms with Crippen molar-refractivity contribution in [2.45, 2.75) is 16.6 Å². The molecule has 0 aliphatic carbocycles. The highest BCUT2D eigenvalue weighted by Gasteiger charge is 2.37. The zero-order valence-corrected chi connectivity index (χ0v) is 15.3. The highest BCUT2D eigenvalue weighted by Crippen LogP contribution is 2.27. The van der Waals surface area contributed by atoms with Gasteiger partial charge < -0.3 is 9.32 Å². The third kappa shape index (κ3) is 2.99. The summed E-state index contributed by atoms with van der Waals surface area (Å²) in [5.41, 5.74) is 0.639. The lowest BCUT2D eigenvalue weighted by Crippen LogP contribution is -2.31. The Morgan fingerprint density at radius 1 is 1.12 bits per heavy atom. The maximum Gasteiger partial charge on any atom is 0.289 e. The van der Waals surface area contributed by atoms with Gasteiger partial charge in [-0.25, -0.2) is 8.42 Å². The number of fused-ring (bicyclic) bond motifs is 1. The summed E-state index contributed by atoms with van der Waals surface area (Å²) in [4.78, 5) is 14.5. The highest BCUT2D eigenvalue weighted by molar-refractivity contribution is 7.92. The van der Waals surface area contributed by atoms with Gasteiger partial charge in [-0.05, 0) is 42.8 Å². The molecule has 1 fully saturated rings. The molecule has 1 saturated heterocycles. The Morgan fingerprint density at radius 3 is 2.58 bits per heavy atom. The molecule has 3 aromatic rings. The Kier molecular flexibility index (Phi) is 4.25. The number of para-hydroxylation sites is 1. The van der Waals surface area contributed by atoms with Crippen molar-refractivity contribution in [3.05, 3.63) is 65.4 Å². The van der Waals surface area contributed by atoms with Crippen molar-refractivity contribution >= 4 is 38.3 Å². The minimum absolute atomic E-state index is 0.154. The molecule has 1 aliphatic rings. The summed E-state index contributed by atoms with van der Waals surface area (Å²) in [6.07, 6.45) is 0.400. The molecule has 0 N–H and O–H groups in total. The van der Waals surface area contributed by atoms with Gasteiger partial charge in [0.2, 0.25) is 0 Å². The van der Waals surface area contributed by atoms with E-state index in [2.05, 4.69) is 0 Å². The predicted molar refractivity (Wildman–Crippen MR) is 99.2 cm³/mol. The second kappa shape index (κ2) is 6.45. The van der Waals surface area contributed by atoms with Crippen molar-refractivity contribution in [1.82, 2.24) is 4.90 Å². The van der Waals surface area contributed by atoms with E-state index in [1.54, 1.807) is 24.3 Å². The van der Waals surface area contributed by atoms with E-state index in [1.165, 1.54) is 17.0 Å². The van der Waals surface area contributed by atoms with Crippen LogP contribution in [0, 0.1) is 0 Å². The van der Waals surface area contributed by atoms with Crippen molar-refractivity contribution in [3.63, 3.8) is 0 Å². The molecule has 0 radical (unpaired) electrons. The van der Waals surface area contributed by atoms with E-state index in [9.17, 15) is 13.2 Å². The number of carbonyl (C=O) groups is 1. The summed E-state index contributed by atoms with van der Waals surface area (Å²) in [5.74, 6) is -0.0502. The Hall–Kier alpha value is -2.31. The lowest BCUT2D eigenvalue weighted by Gasteiger charge is -2.15. The van der Waals surface area contributed by atoms with Gasteiger partial charge in [-0.15, -0.1) is 0 Å². The first kappa shape index (κ1) is 17.1. The number of carbonyl (C=O) groups excluding carboxylic acids is 1. The number of furan rings is 1. The fourth-order valence-electron chi connectivity index (χ4n) is 3.23. The first-order valence-electron chi connectivity index (χ1n) is 8.22. The number of nitrogens with zero attached hydrogens (tertiary/aromatic N) is 1. The van der Waals surface area contributed by atoms with Crippen LogP contribution in [-0.2, 0) is 9.84 Å². The van der Waals surface area contributed by atoms with Gasteiger partial charge in [0.15, 0.2) is 15.6 Å². The molecule has 1 aromatic heterocycles. The number of hydrogen-bond donors (Lipinski definition) is 0. The number of amides is 1. The van der Waals surface area contributed by atoms with Gasteiger partial charge >= 0.3 is 0 Å². The second-order valence-corrected chi connectivity index (χ2v) is 8.97. The number of rotatable bonds is 3. The van der Waals surface area contributed by atoms with E-state index in [-0.39, 0.29) is 23.1 Å². The van der Waals surface area contributed by atoms with Gasteiger partial charge in [0.05, 0.1) is 10.1 Å². The molecular weight excluding hydrogens is 374 g/mol. The average molecular weight is 390 g/mol. The fraction of sp³-hybridized carbons (Fsp3) is 0.211. The number of sulfone groups is 1. The molecule has 2 heterocycles. The van der Waals surface area contributed by atoms with E-state index in [0.29, 0.717) is 23.6 Å². The largest absolute Gasteiger partial charge is 0.451 e. The third-order valence-electron chi connectivity index (χ3n) is 4.65. The Labute approximate surface area is 156 Å². The summed E-state index contributed by atoms with van der Waals surface area (Å²) >= 11 is 5.83. The molecule has 1 atom stereocenters. The fourth-order valence-corrected chi connectivity index (χ4v) is 5.04. The molecule has 26 heavy (non-hydrogen) atoms. The normalized spacial score (nSPS) is 17.7. The summed E-state index contributed by atoms with van der Waals surface area (Å²) < 4.78 is 31.2. The third-order valence-corrected chi connectivity index (χ3v) is 7.09. The molecule has 1 aliphatic heterocycles. The first-order valence-corrected chi connectivity index (χ1v) is 10.1. The maximum absolute atomic E-state index is 12.8. The average Bonchev–Trinajstić information content (AvgIpc) is 3.29. The number of halogens is 1. The van der Waals surface area contributed by atoms with Crippen LogP contribution >= 0.6 is 11.6 Å². The number of likely N-dealkylation sites (tertiary alicyclic amines) is 1. The van der Waals surface area contributed by atoms with Gasteiger partial charge in [-0.3, -0.25) is 4.79 Å². The quantitative estimate of drug-likeness (QED) is 0.683. The molecule has 1 amide bonds. The SMILES string of the molecule is O=C(c1cc2ccccc2o1)N1CC[C@H](S(=O)(=O)c2ccc(Cl)cc2)C1. The smallest absolute Gasteiger partial charge is 0.289 e. The lowest BCUT2D eigenvalue weighted by atomic mass is 10.2. The van der Waals surface area contributed by atoms with Crippen LogP contribution in [0.2, 0.25) is 5.02 Å². The van der Waals surface area contributed by atoms with Gasteiger partial charge in [-0.2, -0.15) is 0 Å². The summed E-state index contributed by atoms with van der Waals surface area (Å²) in [6.45, 7) is 0.536. The monoisotopic (exact) mass is 389 g/mol. The van der Waals surface area contributed by atoms with Crippen molar-refractivity contribution in [2.75, 3.05) is 13.1 Å². The van der Waals surface area contributed by atoms with Crippen LogP contribution in [-0.4, -0.2) is 37.6 Å². The van der Waals surface area contributed by atoms with Crippen LogP contribution in [0.3, 0.4) is 0 Å². The van der Waals surface area contributed by atoms with E-state index in [4.69, 9.17) is 16.0 Å². The molecule has 2 aromatic carbocycles. The molecule has 0 bridgehead atoms. The topological polar surface area (TPSA) is 67.6 Å². The molecule has 4 rings (SSSR count). The molecular formula is C19H16ClNO4S. The maximum atomic E-state index is 12.8. The molecule has 0 unspecified atom stereocenters. The van der Waals surface area contributed by atoms with Crippen LogP contribution in [0.5, 0.6) is 0 Å². The minimum Gasteiger partial charge on any atom is -0.451 e. The van der Waals surface area contributed by atoms with Gasteiger partial charge in [0.1, 0.15) is 5.58 Å². The minimum atomic E-state index is -3.51. The van der Waals surface area contributed by atoms with Crippen molar-refractivity contribution < 1.29 is 17.6 Å². The molecule has 0 saturated carbocycles. The predicted octanol–water partition coefficient (Wildman–Crippen LogP) is 3.77. The molecule has 0 spiro atoms. The van der Waals surface area contributed by atoms with Crippen LogP contribution in [0.1, 0.15) is 17.0 Å². The second-order valence-electron chi connectivity index (χ2n) is 6.31. The molecule has 7 heteroatoms. The van der Waals surface area contributed by atoms with Crippen molar-refractivity contribution in [1.29, 1.82) is 0 Å². The zero-order valence-electron chi connectivity index (χ0n) is 13.8. The Bertz CT molecular complexity index is 1040. The van der Waals surface area contributed by atoms with Crippen LogP contribution < -0.4 is 0 Å².